The number of benzene rings is 1. The van der Waals surface area contributed by atoms with Crippen LogP contribution in [-0.4, -0.2) is 50.3 Å². The minimum Gasteiger partial charge on any atom is -0.466 e. The van der Waals surface area contributed by atoms with Gasteiger partial charge < -0.3 is 18.9 Å². The Bertz CT molecular complexity index is 655. The quantitative estimate of drug-likeness (QED) is 0.243. The van der Waals surface area contributed by atoms with Crippen LogP contribution < -0.4 is 0 Å². The fourth-order valence-corrected chi connectivity index (χ4v) is 2.42. The van der Waals surface area contributed by atoms with Crippen LogP contribution in [-0.2, 0) is 33.3 Å². The van der Waals surface area contributed by atoms with Crippen molar-refractivity contribution in [1.82, 2.24) is 0 Å². The summed E-state index contributed by atoms with van der Waals surface area (Å²) in [5.41, 5.74) is 0.376. The SMILES string of the molecule is CCOC(=O)CC(C)C(C(=O)OCC)C(=O)OCCOC(=O)c1ccccc1. The maximum Gasteiger partial charge on any atom is 0.338 e. The number of carbonyl (C=O) groups excluding carboxylic acids is 4. The van der Waals surface area contributed by atoms with Crippen molar-refractivity contribution in [3.63, 3.8) is 0 Å². The first-order valence-electron chi connectivity index (χ1n) is 9.11. The molecule has 0 fully saturated rings. The first-order chi connectivity index (χ1) is 13.4. The third kappa shape index (κ3) is 7.77. The molecule has 0 heterocycles. The van der Waals surface area contributed by atoms with Gasteiger partial charge in [-0.05, 0) is 31.9 Å². The summed E-state index contributed by atoms with van der Waals surface area (Å²) in [6.45, 7) is 4.74. The summed E-state index contributed by atoms with van der Waals surface area (Å²) in [6.07, 6.45) is -0.130. The van der Waals surface area contributed by atoms with Crippen LogP contribution in [0.15, 0.2) is 30.3 Å². The van der Waals surface area contributed by atoms with Crippen molar-refractivity contribution in [2.45, 2.75) is 27.2 Å². The van der Waals surface area contributed by atoms with Gasteiger partial charge >= 0.3 is 23.9 Å². The maximum atomic E-state index is 12.3. The molecule has 8 heteroatoms. The van der Waals surface area contributed by atoms with Crippen LogP contribution in [0.25, 0.3) is 0 Å². The lowest BCUT2D eigenvalue weighted by Gasteiger charge is -2.20. The molecule has 0 aromatic heterocycles. The molecule has 1 rings (SSSR count). The number of ether oxygens (including phenoxy) is 4. The lowest BCUT2D eigenvalue weighted by molar-refractivity contribution is -0.165. The third-order valence-corrected chi connectivity index (χ3v) is 3.73. The standard InChI is InChI=1S/C20H26O8/c1-4-25-16(21)13-14(3)17(19(23)26-5-2)20(24)28-12-11-27-18(22)15-9-7-6-8-10-15/h6-10,14,17H,4-5,11-13H2,1-3H3. The molecule has 8 nitrogen and oxygen atoms in total. The van der Waals surface area contributed by atoms with E-state index in [0.29, 0.717) is 5.56 Å². The topological polar surface area (TPSA) is 105 Å². The summed E-state index contributed by atoms with van der Waals surface area (Å²) in [5, 5.41) is 0. The largest absolute Gasteiger partial charge is 0.466 e. The van der Waals surface area contributed by atoms with E-state index in [1.807, 2.05) is 0 Å². The third-order valence-electron chi connectivity index (χ3n) is 3.73. The maximum absolute atomic E-state index is 12.3. The van der Waals surface area contributed by atoms with Crippen LogP contribution in [0.4, 0.5) is 0 Å². The normalized spacial score (nSPS) is 12.4. The molecule has 1 aromatic carbocycles. The lowest BCUT2D eigenvalue weighted by atomic mass is 9.91. The van der Waals surface area contributed by atoms with E-state index in [1.165, 1.54) is 0 Å². The zero-order chi connectivity index (χ0) is 20.9. The average Bonchev–Trinajstić information content (AvgIpc) is 2.66. The van der Waals surface area contributed by atoms with E-state index >= 15 is 0 Å². The van der Waals surface area contributed by atoms with Crippen LogP contribution in [0, 0.1) is 11.8 Å². The van der Waals surface area contributed by atoms with Crippen LogP contribution in [0.3, 0.4) is 0 Å². The summed E-state index contributed by atoms with van der Waals surface area (Å²) < 4.78 is 19.8. The summed E-state index contributed by atoms with van der Waals surface area (Å²) in [4.78, 5) is 47.9. The number of carbonyl (C=O) groups is 4. The van der Waals surface area contributed by atoms with Gasteiger partial charge in [-0.3, -0.25) is 14.4 Å². The van der Waals surface area contributed by atoms with Gasteiger partial charge in [0.05, 0.1) is 18.8 Å². The van der Waals surface area contributed by atoms with Gasteiger partial charge in [0.1, 0.15) is 13.2 Å². The Morgan fingerprint density at radius 1 is 0.821 bits per heavy atom. The summed E-state index contributed by atoms with van der Waals surface area (Å²) in [6, 6.07) is 8.37. The van der Waals surface area contributed by atoms with Crippen molar-refractivity contribution in [3.05, 3.63) is 35.9 Å². The molecule has 0 bridgehead atoms. The number of esters is 4. The van der Waals surface area contributed by atoms with E-state index in [2.05, 4.69) is 0 Å². The van der Waals surface area contributed by atoms with Gasteiger partial charge in [0.15, 0.2) is 5.92 Å². The van der Waals surface area contributed by atoms with Gasteiger partial charge in [-0.25, -0.2) is 4.79 Å². The van der Waals surface area contributed by atoms with Gasteiger partial charge in [0.25, 0.3) is 0 Å². The Morgan fingerprint density at radius 3 is 2.00 bits per heavy atom. The van der Waals surface area contributed by atoms with Gasteiger partial charge in [0.2, 0.25) is 0 Å². The predicted molar refractivity (Wildman–Crippen MR) is 98.2 cm³/mol. The highest BCUT2D eigenvalue weighted by Gasteiger charge is 2.36. The first-order valence-corrected chi connectivity index (χ1v) is 9.11. The van der Waals surface area contributed by atoms with Crippen molar-refractivity contribution in [2.24, 2.45) is 11.8 Å². The van der Waals surface area contributed by atoms with Crippen molar-refractivity contribution < 1.29 is 38.1 Å². The molecule has 28 heavy (non-hydrogen) atoms. The minimum atomic E-state index is -1.27. The van der Waals surface area contributed by atoms with Crippen LogP contribution >= 0.6 is 0 Å². The predicted octanol–water partition coefficient (Wildman–Crippen LogP) is 2.16. The lowest BCUT2D eigenvalue weighted by Crippen LogP contribution is -2.35. The molecule has 2 atom stereocenters. The van der Waals surface area contributed by atoms with E-state index in [1.54, 1.807) is 51.1 Å². The number of hydrogen-bond donors (Lipinski definition) is 0. The minimum absolute atomic E-state index is 0.0867. The van der Waals surface area contributed by atoms with Crippen LogP contribution in [0.2, 0.25) is 0 Å². The first kappa shape index (κ1) is 23.1. The van der Waals surface area contributed by atoms with E-state index in [9.17, 15) is 19.2 Å². The molecule has 0 aliphatic carbocycles. The highest BCUT2D eigenvalue weighted by atomic mass is 16.6. The summed E-state index contributed by atoms with van der Waals surface area (Å²) >= 11 is 0. The zero-order valence-electron chi connectivity index (χ0n) is 16.3. The van der Waals surface area contributed by atoms with Crippen LogP contribution in [0.1, 0.15) is 37.6 Å². The van der Waals surface area contributed by atoms with Gasteiger partial charge in [-0.15, -0.1) is 0 Å². The smallest absolute Gasteiger partial charge is 0.338 e. The molecule has 0 amide bonds. The van der Waals surface area contributed by atoms with E-state index in [0.717, 1.165) is 0 Å². The Hall–Kier alpha value is -2.90. The second kappa shape index (κ2) is 12.5. The number of rotatable bonds is 11. The summed E-state index contributed by atoms with van der Waals surface area (Å²) in [7, 11) is 0. The molecule has 0 saturated carbocycles. The second-order valence-corrected chi connectivity index (χ2v) is 5.89. The van der Waals surface area contributed by atoms with E-state index in [-0.39, 0.29) is 32.8 Å². The zero-order valence-corrected chi connectivity index (χ0v) is 16.3. The molecule has 1 aromatic rings. The van der Waals surface area contributed by atoms with Gasteiger partial charge in [-0.2, -0.15) is 0 Å². The Balaban J connectivity index is 2.57. The molecular formula is C20H26O8. The number of hydrogen-bond acceptors (Lipinski definition) is 8. The molecule has 0 aliphatic rings. The molecule has 0 N–H and O–H groups in total. The van der Waals surface area contributed by atoms with Crippen molar-refractivity contribution >= 4 is 23.9 Å². The summed E-state index contributed by atoms with van der Waals surface area (Å²) in [5.74, 6) is -4.62. The van der Waals surface area contributed by atoms with E-state index in [4.69, 9.17) is 18.9 Å². The van der Waals surface area contributed by atoms with Crippen molar-refractivity contribution in [3.8, 4) is 0 Å². The van der Waals surface area contributed by atoms with Gasteiger partial charge in [-0.1, -0.05) is 25.1 Å². The fraction of sp³-hybridized carbons (Fsp3) is 0.500. The monoisotopic (exact) mass is 394 g/mol. The Morgan fingerprint density at radius 2 is 1.39 bits per heavy atom. The van der Waals surface area contributed by atoms with Crippen molar-refractivity contribution in [2.75, 3.05) is 26.4 Å². The highest BCUT2D eigenvalue weighted by molar-refractivity contribution is 5.95. The highest BCUT2D eigenvalue weighted by Crippen LogP contribution is 2.20. The fourth-order valence-electron chi connectivity index (χ4n) is 2.42. The Labute approximate surface area is 164 Å². The second-order valence-electron chi connectivity index (χ2n) is 5.89. The van der Waals surface area contributed by atoms with Crippen LogP contribution in [0.5, 0.6) is 0 Å². The Kier molecular flexibility index (Phi) is 10.3. The average molecular weight is 394 g/mol. The van der Waals surface area contributed by atoms with E-state index < -0.39 is 35.7 Å². The molecule has 154 valence electrons. The molecular weight excluding hydrogens is 368 g/mol. The molecule has 0 saturated heterocycles. The van der Waals surface area contributed by atoms with Gasteiger partial charge in [0, 0.05) is 6.42 Å². The molecule has 0 spiro atoms. The molecule has 0 radical (unpaired) electrons. The molecule has 0 aliphatic heterocycles. The van der Waals surface area contributed by atoms with Crippen molar-refractivity contribution in [1.29, 1.82) is 0 Å². The molecule has 2 unspecified atom stereocenters.